The summed E-state index contributed by atoms with van der Waals surface area (Å²) in [7, 11) is 0. The minimum atomic E-state index is -0.565. The van der Waals surface area contributed by atoms with E-state index in [9.17, 15) is 14.0 Å². The number of rotatable bonds is 11. The maximum absolute atomic E-state index is 13.3. The molecule has 1 atom stereocenters. The molecule has 0 aliphatic heterocycles. The Hall–Kier alpha value is -1.86. The number of nitrogens with one attached hydrogen (secondary N) is 1. The van der Waals surface area contributed by atoms with Crippen molar-refractivity contribution in [3.05, 3.63) is 69.9 Å². The minimum Gasteiger partial charge on any atom is -0.354 e. The number of amides is 2. The van der Waals surface area contributed by atoms with E-state index in [0.29, 0.717) is 24.6 Å². The molecule has 2 aromatic rings. The molecule has 0 aliphatic rings. The Morgan fingerprint density at radius 1 is 1.06 bits per heavy atom. The third-order valence-corrected chi connectivity index (χ3v) is 6.26. The third-order valence-electron chi connectivity index (χ3n) is 4.74. The van der Waals surface area contributed by atoms with E-state index < -0.39 is 6.04 Å². The van der Waals surface area contributed by atoms with E-state index in [2.05, 4.69) is 21.2 Å². The van der Waals surface area contributed by atoms with Crippen molar-refractivity contribution in [1.82, 2.24) is 10.2 Å². The molecule has 31 heavy (non-hydrogen) atoms. The number of hydrogen-bond donors (Lipinski definition) is 1. The molecular weight excluding hydrogens is 479 g/mol. The molecule has 2 amide bonds. The van der Waals surface area contributed by atoms with Crippen molar-refractivity contribution in [3.8, 4) is 0 Å². The first-order chi connectivity index (χ1) is 14.8. The number of benzene rings is 2. The standard InChI is InChI=1S/C24H30BrFN2O2S/c1-4-22(24(30)27-13-17(2)3)28(14-18-7-11-21(26)12-8-18)23(29)16-31-15-19-5-9-20(25)10-6-19/h5-12,17,22H,4,13-16H2,1-3H3,(H,27,30)/t22-/m0/s1. The predicted octanol–water partition coefficient (Wildman–Crippen LogP) is 5.40. The number of thioether (sulfide) groups is 1. The molecule has 0 aliphatic carbocycles. The SMILES string of the molecule is CC[C@@H](C(=O)NCC(C)C)N(Cc1ccc(F)cc1)C(=O)CSCc1ccc(Br)cc1. The monoisotopic (exact) mass is 508 g/mol. The van der Waals surface area contributed by atoms with E-state index >= 15 is 0 Å². The smallest absolute Gasteiger partial charge is 0.242 e. The molecule has 1 N–H and O–H groups in total. The highest BCUT2D eigenvalue weighted by molar-refractivity contribution is 9.10. The molecule has 0 saturated heterocycles. The molecule has 0 saturated carbocycles. The van der Waals surface area contributed by atoms with Crippen molar-refractivity contribution in [3.63, 3.8) is 0 Å². The summed E-state index contributed by atoms with van der Waals surface area (Å²) >= 11 is 4.94. The zero-order valence-electron chi connectivity index (χ0n) is 18.2. The van der Waals surface area contributed by atoms with Gasteiger partial charge in [-0.2, -0.15) is 0 Å². The number of halogens is 2. The summed E-state index contributed by atoms with van der Waals surface area (Å²) < 4.78 is 14.3. The quantitative estimate of drug-likeness (QED) is 0.441. The van der Waals surface area contributed by atoms with E-state index in [4.69, 9.17) is 0 Å². The maximum atomic E-state index is 13.3. The molecule has 0 bridgehead atoms. The Morgan fingerprint density at radius 2 is 1.68 bits per heavy atom. The first kappa shape index (κ1) is 25.4. The Bertz CT molecular complexity index is 844. The molecule has 4 nitrogen and oxygen atoms in total. The molecular formula is C24H30BrFN2O2S. The average molecular weight is 509 g/mol. The molecule has 0 unspecified atom stereocenters. The van der Waals surface area contributed by atoms with E-state index in [1.807, 2.05) is 45.0 Å². The van der Waals surface area contributed by atoms with Gasteiger partial charge in [-0.25, -0.2) is 4.39 Å². The van der Waals surface area contributed by atoms with E-state index in [1.54, 1.807) is 17.0 Å². The van der Waals surface area contributed by atoms with Crippen LogP contribution in [0, 0.1) is 11.7 Å². The highest BCUT2D eigenvalue weighted by Crippen LogP contribution is 2.19. The van der Waals surface area contributed by atoms with Gasteiger partial charge in [-0.15, -0.1) is 11.8 Å². The second-order valence-electron chi connectivity index (χ2n) is 7.83. The fraction of sp³-hybridized carbons (Fsp3) is 0.417. The van der Waals surface area contributed by atoms with E-state index in [-0.39, 0.29) is 29.9 Å². The summed E-state index contributed by atoms with van der Waals surface area (Å²) in [5, 5.41) is 2.95. The molecule has 2 rings (SSSR count). The Labute approximate surface area is 197 Å². The highest BCUT2D eigenvalue weighted by atomic mass is 79.9. The number of hydrogen-bond acceptors (Lipinski definition) is 3. The van der Waals surface area contributed by atoms with Crippen LogP contribution in [0.4, 0.5) is 4.39 Å². The molecule has 0 fully saturated rings. The summed E-state index contributed by atoms with van der Waals surface area (Å²) in [5.74, 6) is 0.727. The van der Waals surface area contributed by atoms with Crippen LogP contribution in [0.1, 0.15) is 38.3 Å². The van der Waals surface area contributed by atoms with E-state index in [0.717, 1.165) is 15.6 Å². The van der Waals surface area contributed by atoms with Crippen LogP contribution < -0.4 is 5.32 Å². The first-order valence-electron chi connectivity index (χ1n) is 10.4. The molecule has 7 heteroatoms. The molecule has 0 aromatic heterocycles. The second kappa shape index (κ2) is 12.9. The van der Waals surface area contributed by atoms with Crippen molar-refractivity contribution in [2.24, 2.45) is 5.92 Å². The van der Waals surface area contributed by atoms with Crippen molar-refractivity contribution in [2.75, 3.05) is 12.3 Å². The average Bonchev–Trinajstić information content (AvgIpc) is 2.74. The van der Waals surface area contributed by atoms with Gasteiger partial charge in [0.15, 0.2) is 0 Å². The van der Waals surface area contributed by atoms with Gasteiger partial charge in [0, 0.05) is 23.3 Å². The predicted molar refractivity (Wildman–Crippen MR) is 129 cm³/mol. The van der Waals surface area contributed by atoms with Gasteiger partial charge in [-0.05, 0) is 47.7 Å². The van der Waals surface area contributed by atoms with Crippen molar-refractivity contribution >= 4 is 39.5 Å². The summed E-state index contributed by atoms with van der Waals surface area (Å²) in [4.78, 5) is 27.6. The number of carbonyl (C=O) groups excluding carboxylic acids is 2. The fourth-order valence-electron chi connectivity index (χ4n) is 3.05. The minimum absolute atomic E-state index is 0.0991. The van der Waals surface area contributed by atoms with Gasteiger partial charge in [-0.1, -0.05) is 61.0 Å². The summed E-state index contributed by atoms with van der Waals surface area (Å²) in [6.07, 6.45) is 0.508. The normalized spacial score (nSPS) is 11.9. The Kier molecular flexibility index (Phi) is 10.5. The summed E-state index contributed by atoms with van der Waals surface area (Å²) in [5.41, 5.74) is 1.93. The van der Waals surface area contributed by atoms with Gasteiger partial charge in [-0.3, -0.25) is 9.59 Å². The van der Waals surface area contributed by atoms with Crippen LogP contribution in [-0.4, -0.2) is 35.1 Å². The molecule has 2 aromatic carbocycles. The van der Waals surface area contributed by atoms with Crippen LogP contribution >= 0.6 is 27.7 Å². The fourth-order valence-corrected chi connectivity index (χ4v) is 4.18. The second-order valence-corrected chi connectivity index (χ2v) is 9.73. The molecule has 0 radical (unpaired) electrons. The van der Waals surface area contributed by atoms with E-state index in [1.165, 1.54) is 23.9 Å². The van der Waals surface area contributed by atoms with Gasteiger partial charge in [0.25, 0.3) is 0 Å². The van der Waals surface area contributed by atoms with Crippen LogP contribution in [0.15, 0.2) is 53.0 Å². The summed E-state index contributed by atoms with van der Waals surface area (Å²) in [6.45, 7) is 6.79. The lowest BCUT2D eigenvalue weighted by atomic mass is 10.1. The van der Waals surface area contributed by atoms with Crippen molar-refractivity contribution in [2.45, 2.75) is 45.5 Å². The zero-order chi connectivity index (χ0) is 22.8. The zero-order valence-corrected chi connectivity index (χ0v) is 20.6. The highest BCUT2D eigenvalue weighted by Gasteiger charge is 2.28. The third kappa shape index (κ3) is 8.65. The first-order valence-corrected chi connectivity index (χ1v) is 12.4. The lowest BCUT2D eigenvalue weighted by Crippen LogP contribution is -2.50. The number of carbonyl (C=O) groups is 2. The maximum Gasteiger partial charge on any atom is 0.242 e. The van der Waals surface area contributed by atoms with Crippen molar-refractivity contribution in [1.29, 1.82) is 0 Å². The van der Waals surface area contributed by atoms with Crippen LogP contribution in [0.25, 0.3) is 0 Å². The van der Waals surface area contributed by atoms with Gasteiger partial charge in [0.2, 0.25) is 11.8 Å². The van der Waals surface area contributed by atoms with Gasteiger partial charge >= 0.3 is 0 Å². The van der Waals surface area contributed by atoms with Crippen LogP contribution in [-0.2, 0) is 21.9 Å². The van der Waals surface area contributed by atoms with Gasteiger partial charge in [0.05, 0.1) is 5.75 Å². The van der Waals surface area contributed by atoms with Crippen LogP contribution in [0.5, 0.6) is 0 Å². The van der Waals surface area contributed by atoms with Crippen LogP contribution in [0.2, 0.25) is 0 Å². The lowest BCUT2D eigenvalue weighted by molar-refractivity contribution is -0.139. The topological polar surface area (TPSA) is 49.4 Å². The lowest BCUT2D eigenvalue weighted by Gasteiger charge is -2.31. The molecule has 0 spiro atoms. The number of nitrogens with zero attached hydrogens (tertiary/aromatic N) is 1. The largest absolute Gasteiger partial charge is 0.354 e. The van der Waals surface area contributed by atoms with Crippen molar-refractivity contribution < 1.29 is 14.0 Å². The summed E-state index contributed by atoms with van der Waals surface area (Å²) in [6, 6.07) is 13.5. The Morgan fingerprint density at radius 3 is 2.26 bits per heavy atom. The Balaban J connectivity index is 2.10. The molecule has 168 valence electrons. The van der Waals surface area contributed by atoms with Gasteiger partial charge < -0.3 is 10.2 Å². The molecule has 0 heterocycles. The van der Waals surface area contributed by atoms with Crippen LogP contribution in [0.3, 0.4) is 0 Å². The van der Waals surface area contributed by atoms with Gasteiger partial charge in [0.1, 0.15) is 11.9 Å².